The highest BCUT2D eigenvalue weighted by Crippen LogP contribution is 2.15. The van der Waals surface area contributed by atoms with Crippen LogP contribution in [0.1, 0.15) is 44.1 Å². The van der Waals surface area contributed by atoms with E-state index in [2.05, 4.69) is 49.8 Å². The number of fused-ring (bicyclic) bond motifs is 1. The molecule has 2 heterocycles. The van der Waals surface area contributed by atoms with Gasteiger partial charge in [0.05, 0.1) is 5.52 Å². The van der Waals surface area contributed by atoms with Gasteiger partial charge in [-0.25, -0.2) is 0 Å². The lowest BCUT2D eigenvalue weighted by molar-refractivity contribution is 0.224. The minimum atomic E-state index is 0. The molecule has 28 heavy (non-hydrogen) atoms. The standard InChI is InChI=1S/C22H33N5.HI/c1-23-22(25-13-6-2-7-15-27-16-8-3-9-17-27)26-18-19-12-14-24-21-11-5-4-10-20(19)21;/h4-5,10-12,14H,2-3,6-9,13,15-18H2,1H3,(H2,23,25,26);1H. The first kappa shape index (κ1) is 22.9. The zero-order valence-electron chi connectivity index (χ0n) is 17.0. The summed E-state index contributed by atoms with van der Waals surface area (Å²) in [5.41, 5.74) is 2.28. The SMILES string of the molecule is CN=C(NCCCCCN1CCCCC1)NCc1ccnc2ccccc12.I. The number of aromatic nitrogens is 1. The second-order valence-electron chi connectivity index (χ2n) is 7.30. The van der Waals surface area contributed by atoms with Crippen molar-refractivity contribution in [2.45, 2.75) is 45.1 Å². The van der Waals surface area contributed by atoms with E-state index in [4.69, 9.17) is 0 Å². The first-order valence-corrected chi connectivity index (χ1v) is 10.4. The molecule has 0 saturated carbocycles. The van der Waals surface area contributed by atoms with Gasteiger partial charge >= 0.3 is 0 Å². The smallest absolute Gasteiger partial charge is 0.191 e. The van der Waals surface area contributed by atoms with E-state index in [1.54, 1.807) is 0 Å². The summed E-state index contributed by atoms with van der Waals surface area (Å²) < 4.78 is 0. The van der Waals surface area contributed by atoms with E-state index < -0.39 is 0 Å². The summed E-state index contributed by atoms with van der Waals surface area (Å²) in [5.74, 6) is 0.868. The van der Waals surface area contributed by atoms with E-state index in [1.165, 1.54) is 69.1 Å². The first-order valence-electron chi connectivity index (χ1n) is 10.4. The van der Waals surface area contributed by atoms with Crippen LogP contribution in [0.5, 0.6) is 0 Å². The van der Waals surface area contributed by atoms with Crippen molar-refractivity contribution < 1.29 is 0 Å². The molecule has 0 bridgehead atoms. The predicted molar refractivity (Wildman–Crippen MR) is 130 cm³/mol. The number of rotatable bonds is 8. The molecule has 2 N–H and O–H groups in total. The third kappa shape index (κ3) is 7.20. The summed E-state index contributed by atoms with van der Waals surface area (Å²) in [7, 11) is 1.83. The maximum Gasteiger partial charge on any atom is 0.191 e. The quantitative estimate of drug-likeness (QED) is 0.250. The average Bonchev–Trinajstić information content (AvgIpc) is 2.73. The molecular formula is C22H34IN5. The Morgan fingerprint density at radius 1 is 1.04 bits per heavy atom. The first-order chi connectivity index (χ1) is 13.4. The second-order valence-corrected chi connectivity index (χ2v) is 7.30. The van der Waals surface area contributed by atoms with Crippen molar-refractivity contribution in [3.8, 4) is 0 Å². The van der Waals surface area contributed by atoms with E-state index in [0.717, 1.165) is 24.6 Å². The van der Waals surface area contributed by atoms with Crippen LogP contribution in [0.3, 0.4) is 0 Å². The molecule has 0 aliphatic carbocycles. The fraction of sp³-hybridized carbons (Fsp3) is 0.545. The van der Waals surface area contributed by atoms with Gasteiger partial charge in [0, 0.05) is 31.7 Å². The van der Waals surface area contributed by atoms with Crippen LogP contribution >= 0.6 is 24.0 Å². The molecule has 2 aromatic rings. The Kier molecular flexibility index (Phi) is 10.6. The van der Waals surface area contributed by atoms with Crippen LogP contribution in [0.25, 0.3) is 10.9 Å². The molecule has 154 valence electrons. The number of pyridine rings is 1. The van der Waals surface area contributed by atoms with Gasteiger partial charge in [-0.2, -0.15) is 0 Å². The van der Waals surface area contributed by atoms with Crippen LogP contribution in [-0.4, -0.2) is 49.1 Å². The Labute approximate surface area is 186 Å². The third-order valence-corrected chi connectivity index (χ3v) is 5.30. The van der Waals surface area contributed by atoms with Gasteiger partial charge in [0.1, 0.15) is 0 Å². The molecule has 1 aromatic carbocycles. The number of guanidine groups is 1. The van der Waals surface area contributed by atoms with Crippen LogP contribution in [0.4, 0.5) is 0 Å². The molecule has 1 aromatic heterocycles. The van der Waals surface area contributed by atoms with Crippen molar-refractivity contribution in [1.29, 1.82) is 0 Å². The van der Waals surface area contributed by atoms with Crippen LogP contribution < -0.4 is 10.6 Å². The van der Waals surface area contributed by atoms with Crippen molar-refractivity contribution in [3.05, 3.63) is 42.1 Å². The maximum absolute atomic E-state index is 4.42. The van der Waals surface area contributed by atoms with Crippen molar-refractivity contribution >= 4 is 40.8 Å². The average molecular weight is 495 g/mol. The molecule has 1 saturated heterocycles. The molecule has 0 atom stereocenters. The van der Waals surface area contributed by atoms with E-state index in [-0.39, 0.29) is 24.0 Å². The number of nitrogens with one attached hydrogen (secondary N) is 2. The molecule has 1 fully saturated rings. The van der Waals surface area contributed by atoms with Gasteiger partial charge < -0.3 is 15.5 Å². The van der Waals surface area contributed by atoms with E-state index in [1.807, 2.05) is 19.3 Å². The molecule has 0 amide bonds. The summed E-state index contributed by atoms with van der Waals surface area (Å²) in [6.07, 6.45) is 9.82. The largest absolute Gasteiger partial charge is 0.356 e. The minimum absolute atomic E-state index is 0. The van der Waals surface area contributed by atoms with Crippen LogP contribution in [0, 0.1) is 0 Å². The predicted octanol–water partition coefficient (Wildman–Crippen LogP) is 4.17. The maximum atomic E-state index is 4.42. The summed E-state index contributed by atoms with van der Waals surface area (Å²) in [6, 6.07) is 10.3. The minimum Gasteiger partial charge on any atom is -0.356 e. The number of hydrogen-bond acceptors (Lipinski definition) is 3. The Morgan fingerprint density at radius 3 is 2.68 bits per heavy atom. The van der Waals surface area contributed by atoms with Gasteiger partial charge in [-0.15, -0.1) is 24.0 Å². The summed E-state index contributed by atoms with van der Waals surface area (Å²) in [6.45, 7) is 5.59. The fourth-order valence-electron chi connectivity index (χ4n) is 3.74. The van der Waals surface area contributed by atoms with Crippen molar-refractivity contribution in [1.82, 2.24) is 20.5 Å². The highest BCUT2D eigenvalue weighted by molar-refractivity contribution is 14.0. The lowest BCUT2D eigenvalue weighted by Gasteiger charge is -2.26. The summed E-state index contributed by atoms with van der Waals surface area (Å²) in [4.78, 5) is 11.4. The zero-order chi connectivity index (χ0) is 18.7. The third-order valence-electron chi connectivity index (χ3n) is 5.30. The van der Waals surface area contributed by atoms with Gasteiger partial charge in [-0.05, 0) is 63.0 Å². The lowest BCUT2D eigenvalue weighted by Crippen LogP contribution is -2.37. The van der Waals surface area contributed by atoms with Gasteiger partial charge in [-0.1, -0.05) is 31.0 Å². The Morgan fingerprint density at radius 2 is 1.86 bits per heavy atom. The van der Waals surface area contributed by atoms with Crippen molar-refractivity contribution in [2.24, 2.45) is 4.99 Å². The van der Waals surface area contributed by atoms with Gasteiger partial charge in [0.25, 0.3) is 0 Å². The number of halogens is 1. The van der Waals surface area contributed by atoms with Crippen molar-refractivity contribution in [3.63, 3.8) is 0 Å². The number of para-hydroxylation sites is 1. The number of hydrogen-bond donors (Lipinski definition) is 2. The molecule has 1 aliphatic rings. The lowest BCUT2D eigenvalue weighted by atomic mass is 10.1. The van der Waals surface area contributed by atoms with E-state index in [9.17, 15) is 0 Å². The van der Waals surface area contributed by atoms with Gasteiger partial charge in [0.2, 0.25) is 0 Å². The zero-order valence-corrected chi connectivity index (χ0v) is 19.3. The van der Waals surface area contributed by atoms with Gasteiger partial charge in [-0.3, -0.25) is 9.98 Å². The molecule has 0 spiro atoms. The van der Waals surface area contributed by atoms with Crippen LogP contribution in [0.2, 0.25) is 0 Å². The van der Waals surface area contributed by atoms with E-state index in [0.29, 0.717) is 0 Å². The summed E-state index contributed by atoms with van der Waals surface area (Å²) >= 11 is 0. The fourth-order valence-corrected chi connectivity index (χ4v) is 3.74. The highest BCUT2D eigenvalue weighted by Gasteiger charge is 2.08. The molecule has 1 aliphatic heterocycles. The van der Waals surface area contributed by atoms with Crippen molar-refractivity contribution in [2.75, 3.05) is 33.2 Å². The number of piperidine rings is 1. The van der Waals surface area contributed by atoms with Crippen LogP contribution in [-0.2, 0) is 6.54 Å². The topological polar surface area (TPSA) is 52.6 Å². The number of nitrogens with zero attached hydrogens (tertiary/aromatic N) is 3. The van der Waals surface area contributed by atoms with Crippen LogP contribution in [0.15, 0.2) is 41.5 Å². The Hall–Kier alpha value is -1.41. The number of likely N-dealkylation sites (tertiary alicyclic amines) is 1. The van der Waals surface area contributed by atoms with Gasteiger partial charge in [0.15, 0.2) is 5.96 Å². The molecule has 3 rings (SSSR count). The normalized spacial score (nSPS) is 15.2. The Balaban J connectivity index is 0.00000280. The molecule has 0 unspecified atom stereocenters. The van der Waals surface area contributed by atoms with E-state index >= 15 is 0 Å². The highest BCUT2D eigenvalue weighted by atomic mass is 127. The number of benzene rings is 1. The number of unbranched alkanes of at least 4 members (excludes halogenated alkanes) is 2. The molecular weight excluding hydrogens is 461 g/mol. The molecule has 6 heteroatoms. The number of aliphatic imine (C=N–C) groups is 1. The molecule has 0 radical (unpaired) electrons. The Bertz CT molecular complexity index is 722. The second kappa shape index (κ2) is 12.9. The summed E-state index contributed by atoms with van der Waals surface area (Å²) in [5, 5.41) is 8.05. The molecule has 5 nitrogen and oxygen atoms in total. The monoisotopic (exact) mass is 495 g/mol.